The van der Waals surface area contributed by atoms with Gasteiger partial charge in [0.25, 0.3) is 0 Å². The van der Waals surface area contributed by atoms with E-state index in [9.17, 15) is 4.79 Å². The van der Waals surface area contributed by atoms with E-state index in [4.69, 9.17) is 4.74 Å². The average Bonchev–Trinajstić information content (AvgIpc) is 2.42. The molecule has 1 N–H and O–H groups in total. The molecule has 0 aliphatic heterocycles. The van der Waals surface area contributed by atoms with E-state index in [0.29, 0.717) is 12.2 Å². The van der Waals surface area contributed by atoms with Gasteiger partial charge in [-0.05, 0) is 37.0 Å². The molecule has 0 aliphatic carbocycles. The normalized spacial score (nSPS) is 11.7. The number of carbonyl (C=O) groups excluding carboxylic acids is 1. The molecule has 0 radical (unpaired) electrons. The van der Waals surface area contributed by atoms with Crippen LogP contribution in [0.25, 0.3) is 0 Å². The molecule has 1 rings (SSSR count). The number of benzene rings is 1. The van der Waals surface area contributed by atoms with E-state index in [-0.39, 0.29) is 11.4 Å². The molecular formula is C17H28NO2+. The van der Waals surface area contributed by atoms with Gasteiger partial charge in [0.2, 0.25) is 0 Å². The minimum absolute atomic E-state index is 0.106. The highest BCUT2D eigenvalue weighted by atomic mass is 16.5. The van der Waals surface area contributed by atoms with E-state index in [0.717, 1.165) is 19.6 Å². The Morgan fingerprint density at radius 1 is 1.10 bits per heavy atom. The number of carbonyl (C=O) groups is 1. The molecular weight excluding hydrogens is 250 g/mol. The maximum Gasteiger partial charge on any atom is 0.338 e. The van der Waals surface area contributed by atoms with Crippen LogP contribution in [0, 0.1) is 0 Å². The van der Waals surface area contributed by atoms with E-state index in [1.54, 1.807) is 0 Å². The van der Waals surface area contributed by atoms with Crippen LogP contribution >= 0.6 is 0 Å². The van der Waals surface area contributed by atoms with Crippen LogP contribution in [0.1, 0.15) is 50.5 Å². The maximum absolute atomic E-state index is 11.9. The van der Waals surface area contributed by atoms with Crippen LogP contribution in [0.4, 0.5) is 0 Å². The molecule has 0 fully saturated rings. The summed E-state index contributed by atoms with van der Waals surface area (Å²) in [5.74, 6) is -0.225. The van der Waals surface area contributed by atoms with Crippen LogP contribution in [0.15, 0.2) is 24.3 Å². The SMILES string of the molecule is CC[NH+](CC)CCOC(=O)c1ccc(C(C)(C)C)cc1. The minimum Gasteiger partial charge on any atom is -0.456 e. The minimum atomic E-state index is -0.225. The lowest BCUT2D eigenvalue weighted by Crippen LogP contribution is -3.11. The van der Waals surface area contributed by atoms with Gasteiger partial charge >= 0.3 is 5.97 Å². The lowest BCUT2D eigenvalue weighted by Gasteiger charge is -2.19. The van der Waals surface area contributed by atoms with Crippen molar-refractivity contribution >= 4 is 5.97 Å². The fourth-order valence-electron chi connectivity index (χ4n) is 2.08. The van der Waals surface area contributed by atoms with Crippen LogP contribution in [-0.4, -0.2) is 32.2 Å². The Hall–Kier alpha value is -1.35. The molecule has 20 heavy (non-hydrogen) atoms. The number of quaternary nitrogens is 1. The summed E-state index contributed by atoms with van der Waals surface area (Å²) in [5, 5.41) is 0. The molecule has 112 valence electrons. The van der Waals surface area contributed by atoms with Crippen molar-refractivity contribution in [2.24, 2.45) is 0 Å². The lowest BCUT2D eigenvalue weighted by molar-refractivity contribution is -0.896. The van der Waals surface area contributed by atoms with Crippen LogP contribution in [0.2, 0.25) is 0 Å². The zero-order valence-electron chi connectivity index (χ0n) is 13.5. The van der Waals surface area contributed by atoms with Crippen molar-refractivity contribution in [1.82, 2.24) is 0 Å². The molecule has 0 heterocycles. The first kappa shape index (κ1) is 16.7. The third-order valence-corrected chi connectivity index (χ3v) is 3.68. The highest BCUT2D eigenvalue weighted by molar-refractivity contribution is 5.89. The van der Waals surface area contributed by atoms with Gasteiger partial charge in [0, 0.05) is 0 Å². The molecule has 0 atom stereocenters. The van der Waals surface area contributed by atoms with Gasteiger partial charge in [-0.2, -0.15) is 0 Å². The third kappa shape index (κ3) is 4.97. The Balaban J connectivity index is 2.52. The van der Waals surface area contributed by atoms with Crippen molar-refractivity contribution < 1.29 is 14.4 Å². The van der Waals surface area contributed by atoms with Crippen LogP contribution in [0.5, 0.6) is 0 Å². The zero-order valence-corrected chi connectivity index (χ0v) is 13.5. The van der Waals surface area contributed by atoms with Gasteiger partial charge in [-0.25, -0.2) is 4.79 Å². The summed E-state index contributed by atoms with van der Waals surface area (Å²) in [4.78, 5) is 13.4. The summed E-state index contributed by atoms with van der Waals surface area (Å²) < 4.78 is 5.33. The Morgan fingerprint density at radius 2 is 1.65 bits per heavy atom. The Labute approximate surface area is 122 Å². The van der Waals surface area contributed by atoms with E-state index in [1.807, 2.05) is 24.3 Å². The second-order valence-electron chi connectivity index (χ2n) is 6.17. The largest absolute Gasteiger partial charge is 0.456 e. The smallest absolute Gasteiger partial charge is 0.338 e. The molecule has 1 aromatic rings. The maximum atomic E-state index is 11.9. The van der Waals surface area contributed by atoms with Gasteiger partial charge in [0.05, 0.1) is 18.7 Å². The molecule has 0 saturated heterocycles. The first-order chi connectivity index (χ1) is 9.38. The number of nitrogens with one attached hydrogen (secondary N) is 1. The molecule has 0 unspecified atom stereocenters. The van der Waals surface area contributed by atoms with E-state index in [1.165, 1.54) is 10.5 Å². The summed E-state index contributed by atoms with van der Waals surface area (Å²) in [6, 6.07) is 7.72. The van der Waals surface area contributed by atoms with Gasteiger partial charge in [-0.3, -0.25) is 0 Å². The van der Waals surface area contributed by atoms with E-state index >= 15 is 0 Å². The average molecular weight is 278 g/mol. The van der Waals surface area contributed by atoms with E-state index in [2.05, 4.69) is 34.6 Å². The van der Waals surface area contributed by atoms with E-state index < -0.39 is 0 Å². The number of hydrogen-bond acceptors (Lipinski definition) is 2. The molecule has 0 aliphatic rings. The van der Waals surface area contributed by atoms with Gasteiger partial charge in [-0.15, -0.1) is 0 Å². The highest BCUT2D eigenvalue weighted by Crippen LogP contribution is 2.22. The summed E-state index contributed by atoms with van der Waals surface area (Å²) in [6.45, 7) is 14.3. The van der Waals surface area contributed by atoms with Crippen molar-refractivity contribution in [1.29, 1.82) is 0 Å². The summed E-state index contributed by atoms with van der Waals surface area (Å²) >= 11 is 0. The van der Waals surface area contributed by atoms with Crippen molar-refractivity contribution in [3.8, 4) is 0 Å². The molecule has 1 aromatic carbocycles. The molecule has 0 aromatic heterocycles. The second kappa shape index (κ2) is 7.44. The fourth-order valence-corrected chi connectivity index (χ4v) is 2.08. The Morgan fingerprint density at radius 3 is 2.10 bits per heavy atom. The van der Waals surface area contributed by atoms with Crippen molar-refractivity contribution in [2.75, 3.05) is 26.2 Å². The summed E-state index contributed by atoms with van der Waals surface area (Å²) in [5.41, 5.74) is 1.96. The number of likely N-dealkylation sites (N-methyl/N-ethyl adjacent to an activating group) is 1. The molecule has 3 heteroatoms. The molecule has 0 bridgehead atoms. The van der Waals surface area contributed by atoms with Crippen LogP contribution in [-0.2, 0) is 10.2 Å². The zero-order chi connectivity index (χ0) is 15.2. The Kier molecular flexibility index (Phi) is 6.21. The predicted molar refractivity (Wildman–Crippen MR) is 82.3 cm³/mol. The van der Waals surface area contributed by atoms with Crippen molar-refractivity contribution in [3.05, 3.63) is 35.4 Å². The first-order valence-corrected chi connectivity index (χ1v) is 7.49. The Bertz CT molecular complexity index is 414. The molecule has 3 nitrogen and oxygen atoms in total. The first-order valence-electron chi connectivity index (χ1n) is 7.49. The number of rotatable bonds is 6. The van der Waals surface area contributed by atoms with Crippen LogP contribution in [0.3, 0.4) is 0 Å². The van der Waals surface area contributed by atoms with Crippen LogP contribution < -0.4 is 4.90 Å². The predicted octanol–water partition coefficient (Wildman–Crippen LogP) is 2.07. The topological polar surface area (TPSA) is 30.7 Å². The van der Waals surface area contributed by atoms with Crippen molar-refractivity contribution in [3.63, 3.8) is 0 Å². The molecule has 0 amide bonds. The molecule has 0 saturated carbocycles. The van der Waals surface area contributed by atoms with Gasteiger partial charge in [0.1, 0.15) is 13.2 Å². The second-order valence-corrected chi connectivity index (χ2v) is 6.17. The van der Waals surface area contributed by atoms with Gasteiger partial charge in [0.15, 0.2) is 0 Å². The number of hydrogen-bond donors (Lipinski definition) is 1. The highest BCUT2D eigenvalue weighted by Gasteiger charge is 2.15. The lowest BCUT2D eigenvalue weighted by atomic mass is 9.87. The standard InChI is InChI=1S/C17H27NO2/c1-6-18(7-2)12-13-20-16(19)14-8-10-15(11-9-14)17(3,4)5/h8-11H,6-7,12-13H2,1-5H3/p+1. The van der Waals surface area contributed by atoms with Gasteiger partial charge < -0.3 is 9.64 Å². The monoisotopic (exact) mass is 278 g/mol. The van der Waals surface area contributed by atoms with Gasteiger partial charge in [-0.1, -0.05) is 32.9 Å². The summed E-state index contributed by atoms with van der Waals surface area (Å²) in [7, 11) is 0. The number of ether oxygens (including phenoxy) is 1. The third-order valence-electron chi connectivity index (χ3n) is 3.68. The summed E-state index contributed by atoms with van der Waals surface area (Å²) in [6.07, 6.45) is 0. The fraction of sp³-hybridized carbons (Fsp3) is 0.588. The van der Waals surface area contributed by atoms with Crippen molar-refractivity contribution in [2.45, 2.75) is 40.0 Å². The quantitative estimate of drug-likeness (QED) is 0.808. The molecule has 0 spiro atoms. The number of esters is 1.